The van der Waals surface area contributed by atoms with Crippen LogP contribution in [0.5, 0.6) is 0 Å². The summed E-state index contributed by atoms with van der Waals surface area (Å²) < 4.78 is 2.23. The average molecular weight is 615 g/mol. The number of nitro groups is 1. The van der Waals surface area contributed by atoms with Crippen molar-refractivity contribution in [1.82, 2.24) is 9.47 Å². The summed E-state index contributed by atoms with van der Waals surface area (Å²) in [6.07, 6.45) is 13.8. The molecule has 3 fully saturated rings. The molecule has 2 aliphatic carbocycles. The number of non-ortho nitro benzene ring substituents is 1. The van der Waals surface area contributed by atoms with Crippen molar-refractivity contribution in [1.29, 1.82) is 0 Å². The third-order valence-corrected chi connectivity index (χ3v) is 10.8. The lowest BCUT2D eigenvalue weighted by molar-refractivity contribution is -0.384. The number of benzene rings is 2. The molecule has 3 aliphatic rings. The van der Waals surface area contributed by atoms with E-state index in [2.05, 4.69) is 54.8 Å². The Kier molecular flexibility index (Phi) is 9.09. The molecule has 2 heterocycles. The van der Waals surface area contributed by atoms with Gasteiger partial charge in [0.15, 0.2) is 5.17 Å². The number of thioether (sulfide) groups is 1. The minimum absolute atomic E-state index is 0.0937. The zero-order valence-electron chi connectivity index (χ0n) is 24.8. The van der Waals surface area contributed by atoms with Crippen LogP contribution in [0.4, 0.5) is 5.69 Å². The largest absolute Gasteiger partial charge is 0.318 e. The van der Waals surface area contributed by atoms with Crippen molar-refractivity contribution in [3.05, 3.63) is 86.6 Å². The highest BCUT2D eigenvalue weighted by atomic mass is 32.2. The molecule has 7 nitrogen and oxygen atoms in total. The molecule has 2 saturated carbocycles. The van der Waals surface area contributed by atoms with Crippen LogP contribution in [0, 0.1) is 24.0 Å². The van der Waals surface area contributed by atoms with Crippen molar-refractivity contribution >= 4 is 46.4 Å². The fraction of sp³-hybridized carbons (Fsp3) is 0.412. The molecule has 3 aromatic rings. The van der Waals surface area contributed by atoms with Gasteiger partial charge in [-0.05, 0) is 105 Å². The highest BCUT2D eigenvalue weighted by Crippen LogP contribution is 2.39. The van der Waals surface area contributed by atoms with Gasteiger partial charge in [-0.15, -0.1) is 0 Å². The first-order chi connectivity index (χ1) is 20.9. The van der Waals surface area contributed by atoms with E-state index in [1.807, 2.05) is 4.90 Å². The van der Waals surface area contributed by atoms with E-state index in [1.165, 1.54) is 50.7 Å². The Balaban J connectivity index is 1.23. The number of nitro benzene ring substituents is 1. The van der Waals surface area contributed by atoms with Crippen LogP contribution in [-0.2, 0) is 4.79 Å². The maximum absolute atomic E-state index is 13.9. The van der Waals surface area contributed by atoms with E-state index in [0.717, 1.165) is 68.2 Å². The summed E-state index contributed by atoms with van der Waals surface area (Å²) in [6.45, 7) is 4.21. The maximum Gasteiger partial charge on any atom is 0.269 e. The predicted molar refractivity (Wildman–Crippen MR) is 176 cm³/mol. The number of aliphatic imine (C=N–C) groups is 1. The number of aromatic nitrogens is 1. The van der Waals surface area contributed by atoms with Crippen LogP contribution in [0.25, 0.3) is 11.8 Å². The first-order valence-electron chi connectivity index (χ1n) is 15.4. The summed E-state index contributed by atoms with van der Waals surface area (Å²) >= 11 is 3.15. The van der Waals surface area contributed by atoms with Gasteiger partial charge in [0, 0.05) is 45.0 Å². The zero-order chi connectivity index (χ0) is 29.9. The molecule has 1 amide bonds. The highest BCUT2D eigenvalue weighted by molar-refractivity contribution is 8.18. The fourth-order valence-electron chi connectivity index (χ4n) is 6.51. The second kappa shape index (κ2) is 13.1. The first-order valence-corrected chi connectivity index (χ1v) is 17.0. The number of hydrogen-bond acceptors (Lipinski definition) is 6. The third kappa shape index (κ3) is 6.63. The molecule has 43 heavy (non-hydrogen) atoms. The number of hydrogen-bond donors (Lipinski definition) is 0. The van der Waals surface area contributed by atoms with Gasteiger partial charge in [0.1, 0.15) is 0 Å². The van der Waals surface area contributed by atoms with E-state index in [0.29, 0.717) is 6.04 Å². The second-order valence-electron chi connectivity index (χ2n) is 11.8. The number of aryl methyl sites for hydroxylation is 1. The molecule has 2 aromatic carbocycles. The SMILES string of the molecule is Cc1cc(C=C2SC(=NC3CCCCC3)N(C3CCCCC3)C2=O)c(C)n1-c1ccc(Sc2ccc([N+](=O)[O-])cc2)cc1. The lowest BCUT2D eigenvalue weighted by atomic mass is 9.94. The Morgan fingerprint density at radius 2 is 1.51 bits per heavy atom. The predicted octanol–water partition coefficient (Wildman–Crippen LogP) is 9.09. The minimum atomic E-state index is -0.382. The van der Waals surface area contributed by atoms with Crippen molar-refractivity contribution in [3.63, 3.8) is 0 Å². The molecule has 0 spiro atoms. The Labute approximate surface area is 262 Å². The van der Waals surface area contributed by atoms with Crippen molar-refractivity contribution in [3.8, 4) is 5.69 Å². The van der Waals surface area contributed by atoms with Gasteiger partial charge in [-0.25, -0.2) is 0 Å². The lowest BCUT2D eigenvalue weighted by Crippen LogP contribution is -2.41. The lowest BCUT2D eigenvalue weighted by Gasteiger charge is -2.31. The van der Waals surface area contributed by atoms with Crippen molar-refractivity contribution in [2.24, 2.45) is 4.99 Å². The summed E-state index contributed by atoms with van der Waals surface area (Å²) in [7, 11) is 0. The van der Waals surface area contributed by atoms with Gasteiger partial charge in [-0.1, -0.05) is 50.3 Å². The van der Waals surface area contributed by atoms with Gasteiger partial charge in [0.05, 0.1) is 15.9 Å². The molecule has 1 saturated heterocycles. The van der Waals surface area contributed by atoms with Gasteiger partial charge in [0.2, 0.25) is 0 Å². The molecular formula is C34H38N4O3S2. The second-order valence-corrected chi connectivity index (χ2v) is 13.9. The van der Waals surface area contributed by atoms with Gasteiger partial charge in [0.25, 0.3) is 11.6 Å². The number of amides is 1. The third-order valence-electron chi connectivity index (χ3n) is 8.78. The van der Waals surface area contributed by atoms with Gasteiger partial charge >= 0.3 is 0 Å². The summed E-state index contributed by atoms with van der Waals surface area (Å²) in [4.78, 5) is 34.5. The monoisotopic (exact) mass is 614 g/mol. The smallest absolute Gasteiger partial charge is 0.269 e. The van der Waals surface area contributed by atoms with Crippen LogP contribution < -0.4 is 0 Å². The van der Waals surface area contributed by atoms with Gasteiger partial charge in [-0.2, -0.15) is 0 Å². The first kappa shape index (κ1) is 29.8. The Morgan fingerprint density at radius 1 is 0.907 bits per heavy atom. The number of rotatable bonds is 7. The molecule has 9 heteroatoms. The number of amidine groups is 1. The van der Waals surface area contributed by atoms with E-state index < -0.39 is 0 Å². The van der Waals surface area contributed by atoms with Crippen molar-refractivity contribution < 1.29 is 9.72 Å². The van der Waals surface area contributed by atoms with Crippen molar-refractivity contribution in [2.45, 2.75) is 99.9 Å². The van der Waals surface area contributed by atoms with Crippen molar-refractivity contribution in [2.75, 3.05) is 0 Å². The summed E-state index contributed by atoms with van der Waals surface area (Å²) in [5, 5.41) is 11.9. The number of nitrogens with zero attached hydrogens (tertiary/aromatic N) is 4. The van der Waals surface area contributed by atoms with Crippen LogP contribution in [0.15, 0.2) is 74.3 Å². The fourth-order valence-corrected chi connectivity index (χ4v) is 8.43. The normalized spacial score (nSPS) is 20.4. The summed E-state index contributed by atoms with van der Waals surface area (Å²) in [5.41, 5.74) is 4.41. The Hall–Kier alpha value is -3.30. The topological polar surface area (TPSA) is 80.7 Å². The van der Waals surface area contributed by atoms with E-state index >= 15 is 0 Å². The molecule has 224 valence electrons. The van der Waals surface area contributed by atoms with Crippen LogP contribution in [0.3, 0.4) is 0 Å². The molecule has 0 bridgehead atoms. The molecule has 1 aliphatic heterocycles. The number of carbonyl (C=O) groups is 1. The molecule has 0 radical (unpaired) electrons. The van der Waals surface area contributed by atoms with Crippen LogP contribution in [0.1, 0.15) is 81.2 Å². The van der Waals surface area contributed by atoms with Gasteiger partial charge in [-0.3, -0.25) is 24.8 Å². The minimum Gasteiger partial charge on any atom is -0.318 e. The van der Waals surface area contributed by atoms with Crippen LogP contribution in [0.2, 0.25) is 0 Å². The molecule has 0 N–H and O–H groups in total. The Morgan fingerprint density at radius 3 is 2.14 bits per heavy atom. The molecule has 6 rings (SSSR count). The van der Waals surface area contributed by atoms with E-state index in [1.54, 1.807) is 35.7 Å². The van der Waals surface area contributed by atoms with Crippen LogP contribution >= 0.6 is 23.5 Å². The quantitative estimate of drug-likeness (QED) is 0.151. The Bertz CT molecular complexity index is 1550. The highest BCUT2D eigenvalue weighted by Gasteiger charge is 2.39. The summed E-state index contributed by atoms with van der Waals surface area (Å²) in [6, 6.07) is 17.7. The van der Waals surface area contributed by atoms with Crippen LogP contribution in [-0.4, -0.2) is 37.5 Å². The van der Waals surface area contributed by atoms with Gasteiger partial charge < -0.3 is 4.57 Å². The molecular weight excluding hydrogens is 577 g/mol. The standard InChI is InChI=1S/C34H38N4O3S2/c1-23-21-25(24(2)36(23)28-13-17-30(18-14-28)42-31-19-15-29(16-20-31)38(40)41)22-32-33(39)37(27-11-7-4-8-12-27)34(43-32)35-26-9-5-3-6-10-26/h13-22,26-27H,3-12H2,1-2H3. The maximum atomic E-state index is 13.9. The van der Waals surface area contributed by atoms with E-state index in [-0.39, 0.29) is 22.6 Å². The molecule has 1 aromatic heterocycles. The average Bonchev–Trinajstić information content (AvgIpc) is 3.48. The molecule has 0 atom stereocenters. The number of carbonyl (C=O) groups excluding carboxylic acids is 1. The summed E-state index contributed by atoms with van der Waals surface area (Å²) in [5.74, 6) is 0.115. The van der Waals surface area contributed by atoms with E-state index in [4.69, 9.17) is 4.99 Å². The zero-order valence-corrected chi connectivity index (χ0v) is 26.5. The van der Waals surface area contributed by atoms with E-state index in [9.17, 15) is 14.9 Å². The molecule has 0 unspecified atom stereocenters.